The number of carbonyl (C=O) groups excluding carboxylic acids is 2. The highest BCUT2D eigenvalue weighted by Gasteiger charge is 2.17. The fourth-order valence-corrected chi connectivity index (χ4v) is 2.90. The normalized spacial score (nSPS) is 10.5. The maximum atomic E-state index is 12.3. The Morgan fingerprint density at radius 1 is 1.07 bits per heavy atom. The third-order valence-electron chi connectivity index (χ3n) is 4.47. The van der Waals surface area contributed by atoms with Gasteiger partial charge in [-0.15, -0.1) is 0 Å². The number of methoxy groups -OCH3 is 1. The first kappa shape index (κ1) is 20.1. The van der Waals surface area contributed by atoms with Crippen LogP contribution in [0.4, 0.5) is 5.69 Å². The Morgan fingerprint density at radius 3 is 2.48 bits per heavy atom. The Morgan fingerprint density at radius 2 is 1.79 bits per heavy atom. The van der Waals surface area contributed by atoms with Gasteiger partial charge in [-0.3, -0.25) is 4.79 Å². The Labute approximate surface area is 169 Å². The zero-order valence-corrected chi connectivity index (χ0v) is 16.9. The van der Waals surface area contributed by atoms with Gasteiger partial charge in [-0.2, -0.15) is 5.10 Å². The van der Waals surface area contributed by atoms with Crippen molar-refractivity contribution in [3.63, 3.8) is 0 Å². The van der Waals surface area contributed by atoms with Crippen molar-refractivity contribution in [3.05, 3.63) is 71.0 Å². The van der Waals surface area contributed by atoms with Gasteiger partial charge in [0.25, 0.3) is 5.91 Å². The first-order valence-electron chi connectivity index (χ1n) is 9.13. The van der Waals surface area contributed by atoms with E-state index >= 15 is 0 Å². The number of hydrogen-bond donors (Lipinski definition) is 1. The number of rotatable bonds is 6. The van der Waals surface area contributed by atoms with Gasteiger partial charge in [0.15, 0.2) is 6.61 Å². The second-order valence-corrected chi connectivity index (χ2v) is 6.65. The van der Waals surface area contributed by atoms with Crippen LogP contribution >= 0.6 is 0 Å². The number of ether oxygens (including phenoxy) is 2. The lowest BCUT2D eigenvalue weighted by Gasteiger charge is -2.08. The van der Waals surface area contributed by atoms with Crippen molar-refractivity contribution < 1.29 is 19.1 Å². The lowest BCUT2D eigenvalue weighted by atomic mass is 10.2. The van der Waals surface area contributed by atoms with E-state index in [0.717, 1.165) is 16.9 Å². The number of benzene rings is 2. The van der Waals surface area contributed by atoms with Gasteiger partial charge in [-0.25, -0.2) is 9.48 Å². The van der Waals surface area contributed by atoms with Crippen LogP contribution < -0.4 is 10.1 Å². The van der Waals surface area contributed by atoms with Gasteiger partial charge in [0.1, 0.15) is 5.75 Å². The summed E-state index contributed by atoms with van der Waals surface area (Å²) in [4.78, 5) is 24.5. The van der Waals surface area contributed by atoms with Crippen molar-refractivity contribution in [3.8, 4) is 11.4 Å². The van der Waals surface area contributed by atoms with E-state index in [1.165, 1.54) is 7.11 Å². The number of nitrogens with one attached hydrogen (secondary N) is 1. The van der Waals surface area contributed by atoms with Crippen LogP contribution in [0.5, 0.6) is 5.75 Å². The molecule has 0 aliphatic carbocycles. The van der Waals surface area contributed by atoms with Crippen LogP contribution in [0.2, 0.25) is 0 Å². The van der Waals surface area contributed by atoms with Gasteiger partial charge >= 0.3 is 5.97 Å². The molecule has 0 aliphatic heterocycles. The molecular weight excluding hydrogens is 370 g/mol. The molecule has 1 N–H and O–H groups in total. The highest BCUT2D eigenvalue weighted by molar-refractivity contribution is 5.96. The number of carbonyl (C=O) groups is 2. The fourth-order valence-electron chi connectivity index (χ4n) is 2.90. The zero-order chi connectivity index (χ0) is 21.0. The average molecular weight is 393 g/mol. The first-order valence-corrected chi connectivity index (χ1v) is 9.13. The molecule has 1 aromatic heterocycles. The van der Waals surface area contributed by atoms with Crippen molar-refractivity contribution in [1.82, 2.24) is 9.78 Å². The highest BCUT2D eigenvalue weighted by atomic mass is 16.5. The third-order valence-corrected chi connectivity index (χ3v) is 4.47. The summed E-state index contributed by atoms with van der Waals surface area (Å²) in [6, 6.07) is 14.5. The van der Waals surface area contributed by atoms with E-state index in [1.54, 1.807) is 28.9 Å². The topological polar surface area (TPSA) is 82.4 Å². The third kappa shape index (κ3) is 4.63. The van der Waals surface area contributed by atoms with E-state index in [0.29, 0.717) is 22.7 Å². The molecule has 150 valence electrons. The smallest absolute Gasteiger partial charge is 0.338 e. The van der Waals surface area contributed by atoms with Crippen LogP contribution in [0.15, 0.2) is 48.5 Å². The summed E-state index contributed by atoms with van der Waals surface area (Å²) in [5.41, 5.74) is 4.45. The number of hydrogen-bond acceptors (Lipinski definition) is 5. The maximum absolute atomic E-state index is 12.3. The number of amides is 1. The molecule has 0 radical (unpaired) electrons. The first-order chi connectivity index (χ1) is 13.9. The second kappa shape index (κ2) is 8.60. The molecule has 0 saturated heterocycles. The van der Waals surface area contributed by atoms with E-state index in [-0.39, 0.29) is 0 Å². The largest absolute Gasteiger partial charge is 0.497 e. The molecule has 1 amide bonds. The van der Waals surface area contributed by atoms with Crippen LogP contribution in [0.3, 0.4) is 0 Å². The molecule has 7 nitrogen and oxygen atoms in total. The number of anilines is 1. The SMILES string of the molecule is COc1cccc(C(=O)OCC(=O)Nc2c(C)nn(-c3ccc(C)cc3)c2C)c1. The van der Waals surface area contributed by atoms with Crippen LogP contribution in [-0.4, -0.2) is 35.4 Å². The lowest BCUT2D eigenvalue weighted by molar-refractivity contribution is -0.119. The minimum Gasteiger partial charge on any atom is -0.497 e. The van der Waals surface area contributed by atoms with E-state index in [1.807, 2.05) is 45.0 Å². The summed E-state index contributed by atoms with van der Waals surface area (Å²) >= 11 is 0. The molecule has 0 fully saturated rings. The Balaban J connectivity index is 1.66. The van der Waals surface area contributed by atoms with Crippen LogP contribution in [0, 0.1) is 20.8 Å². The number of esters is 1. The Kier molecular flexibility index (Phi) is 5.97. The van der Waals surface area contributed by atoms with Crippen molar-refractivity contribution in [1.29, 1.82) is 0 Å². The van der Waals surface area contributed by atoms with Crippen LogP contribution in [0.25, 0.3) is 5.69 Å². The fraction of sp³-hybridized carbons (Fsp3) is 0.227. The summed E-state index contributed by atoms with van der Waals surface area (Å²) in [7, 11) is 1.51. The Bertz CT molecular complexity index is 1040. The zero-order valence-electron chi connectivity index (χ0n) is 16.9. The lowest BCUT2D eigenvalue weighted by Crippen LogP contribution is -2.21. The van der Waals surface area contributed by atoms with Gasteiger partial charge in [0.2, 0.25) is 0 Å². The molecule has 0 aliphatic rings. The van der Waals surface area contributed by atoms with E-state index in [9.17, 15) is 9.59 Å². The number of aryl methyl sites for hydroxylation is 2. The maximum Gasteiger partial charge on any atom is 0.338 e. The van der Waals surface area contributed by atoms with Gasteiger partial charge in [-0.1, -0.05) is 23.8 Å². The molecule has 1 heterocycles. The van der Waals surface area contributed by atoms with Crippen molar-refractivity contribution in [2.75, 3.05) is 19.0 Å². The molecule has 0 atom stereocenters. The van der Waals surface area contributed by atoms with Crippen LogP contribution in [0.1, 0.15) is 27.3 Å². The minimum atomic E-state index is -0.595. The molecule has 0 unspecified atom stereocenters. The summed E-state index contributed by atoms with van der Waals surface area (Å²) < 4.78 is 12.0. The summed E-state index contributed by atoms with van der Waals surface area (Å²) in [6.45, 7) is 5.31. The van der Waals surface area contributed by atoms with Gasteiger partial charge in [0, 0.05) is 0 Å². The molecule has 0 spiro atoms. The molecule has 7 heteroatoms. The van der Waals surface area contributed by atoms with E-state index < -0.39 is 18.5 Å². The minimum absolute atomic E-state index is 0.316. The standard InChI is InChI=1S/C22H23N3O4/c1-14-8-10-18(11-9-14)25-16(3)21(15(2)24-25)23-20(26)13-29-22(27)17-6-5-7-19(12-17)28-4/h5-12H,13H2,1-4H3,(H,23,26). The molecular formula is C22H23N3O4. The van der Waals surface area contributed by atoms with Crippen molar-refractivity contribution in [2.24, 2.45) is 0 Å². The predicted octanol–water partition coefficient (Wildman–Crippen LogP) is 3.60. The van der Waals surface area contributed by atoms with Gasteiger partial charge in [-0.05, 0) is 51.1 Å². The molecule has 3 aromatic rings. The summed E-state index contributed by atoms with van der Waals surface area (Å²) in [5.74, 6) is -0.489. The highest BCUT2D eigenvalue weighted by Crippen LogP contribution is 2.23. The van der Waals surface area contributed by atoms with Gasteiger partial charge in [0.05, 0.1) is 35.4 Å². The molecule has 0 bridgehead atoms. The van der Waals surface area contributed by atoms with Crippen molar-refractivity contribution >= 4 is 17.6 Å². The van der Waals surface area contributed by atoms with E-state index in [4.69, 9.17) is 9.47 Å². The van der Waals surface area contributed by atoms with Gasteiger partial charge < -0.3 is 14.8 Å². The number of aromatic nitrogens is 2. The average Bonchev–Trinajstić information content (AvgIpc) is 3.00. The molecule has 29 heavy (non-hydrogen) atoms. The monoisotopic (exact) mass is 393 g/mol. The summed E-state index contributed by atoms with van der Waals surface area (Å²) in [6.07, 6.45) is 0. The second-order valence-electron chi connectivity index (χ2n) is 6.65. The molecule has 0 saturated carbocycles. The van der Waals surface area contributed by atoms with E-state index in [2.05, 4.69) is 10.4 Å². The predicted molar refractivity (Wildman–Crippen MR) is 110 cm³/mol. The summed E-state index contributed by atoms with van der Waals surface area (Å²) in [5, 5.41) is 7.29. The molecule has 2 aromatic carbocycles. The quantitative estimate of drug-likeness (QED) is 0.647. The molecule has 3 rings (SSSR count). The Hall–Kier alpha value is -3.61. The van der Waals surface area contributed by atoms with Crippen LogP contribution in [-0.2, 0) is 9.53 Å². The van der Waals surface area contributed by atoms with Crippen molar-refractivity contribution in [2.45, 2.75) is 20.8 Å². The number of nitrogens with zero attached hydrogens (tertiary/aromatic N) is 2.